The summed E-state index contributed by atoms with van der Waals surface area (Å²) in [6.45, 7) is 0. The van der Waals surface area contributed by atoms with Crippen LogP contribution in [-0.4, -0.2) is 5.88 Å². The highest BCUT2D eigenvalue weighted by atomic mass is 35.5. The Morgan fingerprint density at radius 2 is 1.91 bits per heavy atom. The first kappa shape index (κ1) is 9.12. The number of rotatable bonds is 3. The molecule has 1 saturated carbocycles. The van der Waals surface area contributed by atoms with E-state index in [0.29, 0.717) is 0 Å². The van der Waals surface area contributed by atoms with Crippen LogP contribution in [0.15, 0.2) is 12.2 Å². The molecule has 0 saturated heterocycles. The minimum absolute atomic E-state index is 0.767. The monoisotopic (exact) mass is 172 g/mol. The van der Waals surface area contributed by atoms with E-state index in [0.717, 1.165) is 18.2 Å². The van der Waals surface area contributed by atoms with E-state index in [1.165, 1.54) is 32.1 Å². The highest BCUT2D eigenvalue weighted by Crippen LogP contribution is 2.24. The molecule has 0 spiro atoms. The normalized spacial score (nSPS) is 21.2. The van der Waals surface area contributed by atoms with Crippen LogP contribution in [0.4, 0.5) is 0 Å². The molecule has 0 amide bonds. The maximum absolute atomic E-state index is 5.57. The van der Waals surface area contributed by atoms with Gasteiger partial charge in [0.1, 0.15) is 0 Å². The quantitative estimate of drug-likeness (QED) is 0.449. The van der Waals surface area contributed by atoms with E-state index in [-0.39, 0.29) is 0 Å². The van der Waals surface area contributed by atoms with Crippen molar-refractivity contribution in [1.82, 2.24) is 0 Å². The SMILES string of the molecule is ClCC/C=C/C1CCCCC1. The summed E-state index contributed by atoms with van der Waals surface area (Å²) >= 11 is 5.57. The molecule has 0 heterocycles. The van der Waals surface area contributed by atoms with Crippen LogP contribution in [0.1, 0.15) is 38.5 Å². The van der Waals surface area contributed by atoms with Crippen LogP contribution in [0.25, 0.3) is 0 Å². The van der Waals surface area contributed by atoms with Crippen molar-refractivity contribution in [2.24, 2.45) is 5.92 Å². The van der Waals surface area contributed by atoms with Crippen LogP contribution in [0.2, 0.25) is 0 Å². The van der Waals surface area contributed by atoms with Crippen LogP contribution < -0.4 is 0 Å². The van der Waals surface area contributed by atoms with E-state index >= 15 is 0 Å². The van der Waals surface area contributed by atoms with Gasteiger partial charge in [0.25, 0.3) is 0 Å². The zero-order valence-corrected chi connectivity index (χ0v) is 7.82. The van der Waals surface area contributed by atoms with Gasteiger partial charge >= 0.3 is 0 Å². The fourth-order valence-corrected chi connectivity index (χ4v) is 1.80. The van der Waals surface area contributed by atoms with Crippen LogP contribution in [0.5, 0.6) is 0 Å². The number of alkyl halides is 1. The number of hydrogen-bond acceptors (Lipinski definition) is 0. The molecule has 0 nitrogen and oxygen atoms in total. The zero-order valence-electron chi connectivity index (χ0n) is 7.06. The molecular formula is C10H17Cl. The largest absolute Gasteiger partial charge is 0.126 e. The van der Waals surface area contributed by atoms with Gasteiger partial charge in [0.15, 0.2) is 0 Å². The van der Waals surface area contributed by atoms with Gasteiger partial charge in [-0.25, -0.2) is 0 Å². The highest BCUT2D eigenvalue weighted by Gasteiger charge is 2.08. The topological polar surface area (TPSA) is 0 Å². The smallest absolute Gasteiger partial charge is 0.0258 e. The first-order valence-corrected chi connectivity index (χ1v) is 5.19. The first-order valence-electron chi connectivity index (χ1n) is 4.66. The van der Waals surface area contributed by atoms with Gasteiger partial charge in [-0.15, -0.1) is 11.6 Å². The second-order valence-corrected chi connectivity index (χ2v) is 3.68. The van der Waals surface area contributed by atoms with E-state index in [1.54, 1.807) is 0 Å². The lowest BCUT2D eigenvalue weighted by molar-refractivity contribution is 0.419. The molecule has 11 heavy (non-hydrogen) atoms. The third kappa shape index (κ3) is 3.81. The molecular weight excluding hydrogens is 156 g/mol. The van der Waals surface area contributed by atoms with Crippen molar-refractivity contribution < 1.29 is 0 Å². The summed E-state index contributed by atoms with van der Waals surface area (Å²) in [6, 6.07) is 0. The molecule has 1 rings (SSSR count). The molecule has 1 aliphatic carbocycles. The molecule has 1 aliphatic rings. The van der Waals surface area contributed by atoms with Gasteiger partial charge in [-0.2, -0.15) is 0 Å². The summed E-state index contributed by atoms with van der Waals surface area (Å²) < 4.78 is 0. The Kier molecular flexibility index (Phi) is 4.69. The van der Waals surface area contributed by atoms with Gasteiger partial charge < -0.3 is 0 Å². The molecule has 0 radical (unpaired) electrons. The number of halogens is 1. The summed E-state index contributed by atoms with van der Waals surface area (Å²) in [5.74, 6) is 1.63. The lowest BCUT2D eigenvalue weighted by atomic mass is 9.89. The van der Waals surface area contributed by atoms with Crippen molar-refractivity contribution in [3.05, 3.63) is 12.2 Å². The van der Waals surface area contributed by atoms with Crippen LogP contribution in [0, 0.1) is 5.92 Å². The lowest BCUT2D eigenvalue weighted by Gasteiger charge is -2.17. The van der Waals surface area contributed by atoms with Crippen LogP contribution in [-0.2, 0) is 0 Å². The molecule has 0 N–H and O–H groups in total. The Morgan fingerprint density at radius 3 is 2.55 bits per heavy atom. The van der Waals surface area contributed by atoms with E-state index in [9.17, 15) is 0 Å². The summed E-state index contributed by atoms with van der Waals surface area (Å²) in [7, 11) is 0. The minimum atomic E-state index is 0.767. The van der Waals surface area contributed by atoms with Gasteiger partial charge in [-0.3, -0.25) is 0 Å². The van der Waals surface area contributed by atoms with Crippen molar-refractivity contribution in [2.75, 3.05) is 5.88 Å². The molecule has 0 atom stereocenters. The van der Waals surface area contributed by atoms with Crippen molar-refractivity contribution >= 4 is 11.6 Å². The Labute approximate surface area is 74.6 Å². The third-order valence-corrected chi connectivity index (χ3v) is 2.55. The summed E-state index contributed by atoms with van der Waals surface area (Å²) in [6.07, 6.45) is 12.7. The first-order chi connectivity index (χ1) is 5.43. The van der Waals surface area contributed by atoms with Crippen molar-refractivity contribution in [3.8, 4) is 0 Å². The fourth-order valence-electron chi connectivity index (χ4n) is 1.68. The molecule has 1 heteroatoms. The van der Waals surface area contributed by atoms with Crippen molar-refractivity contribution in [2.45, 2.75) is 38.5 Å². The Balaban J connectivity index is 2.13. The molecule has 0 bridgehead atoms. The zero-order chi connectivity index (χ0) is 7.94. The van der Waals surface area contributed by atoms with Gasteiger partial charge in [-0.05, 0) is 25.2 Å². The summed E-state index contributed by atoms with van der Waals surface area (Å²) in [5, 5.41) is 0. The van der Waals surface area contributed by atoms with E-state index < -0.39 is 0 Å². The van der Waals surface area contributed by atoms with E-state index in [2.05, 4.69) is 12.2 Å². The van der Waals surface area contributed by atoms with Crippen LogP contribution >= 0.6 is 11.6 Å². The molecule has 0 unspecified atom stereocenters. The van der Waals surface area contributed by atoms with Gasteiger partial charge in [0.2, 0.25) is 0 Å². The highest BCUT2D eigenvalue weighted by molar-refractivity contribution is 6.17. The van der Waals surface area contributed by atoms with E-state index in [1.807, 2.05) is 0 Å². The molecule has 64 valence electrons. The number of hydrogen-bond donors (Lipinski definition) is 0. The maximum atomic E-state index is 5.57. The lowest BCUT2D eigenvalue weighted by Crippen LogP contribution is -2.02. The van der Waals surface area contributed by atoms with Crippen LogP contribution in [0.3, 0.4) is 0 Å². The molecule has 1 fully saturated rings. The Bertz CT molecular complexity index is 112. The fraction of sp³-hybridized carbons (Fsp3) is 0.800. The third-order valence-electron chi connectivity index (χ3n) is 2.33. The van der Waals surface area contributed by atoms with Crippen molar-refractivity contribution in [3.63, 3.8) is 0 Å². The molecule has 0 aromatic heterocycles. The molecule has 0 aliphatic heterocycles. The standard InChI is InChI=1S/C10H17Cl/c11-9-5-4-8-10-6-2-1-3-7-10/h4,8,10H,1-3,5-7,9H2/b8-4+. The Morgan fingerprint density at radius 1 is 1.18 bits per heavy atom. The minimum Gasteiger partial charge on any atom is -0.126 e. The van der Waals surface area contributed by atoms with Crippen molar-refractivity contribution in [1.29, 1.82) is 0 Å². The summed E-state index contributed by atoms with van der Waals surface area (Å²) in [4.78, 5) is 0. The predicted octanol–water partition coefficient (Wildman–Crippen LogP) is 3.75. The Hall–Kier alpha value is 0.0300. The second kappa shape index (κ2) is 5.65. The van der Waals surface area contributed by atoms with E-state index in [4.69, 9.17) is 11.6 Å². The average molecular weight is 173 g/mol. The number of allylic oxidation sites excluding steroid dienone is 2. The molecule has 0 aromatic carbocycles. The molecule has 0 aromatic rings. The maximum Gasteiger partial charge on any atom is 0.0258 e. The van der Waals surface area contributed by atoms with Gasteiger partial charge in [-0.1, -0.05) is 31.4 Å². The summed E-state index contributed by atoms with van der Waals surface area (Å²) in [5.41, 5.74) is 0. The predicted molar refractivity (Wildman–Crippen MR) is 51.1 cm³/mol. The van der Waals surface area contributed by atoms with Gasteiger partial charge in [0, 0.05) is 5.88 Å². The van der Waals surface area contributed by atoms with Gasteiger partial charge in [0.05, 0.1) is 0 Å². The second-order valence-electron chi connectivity index (χ2n) is 3.30. The average Bonchev–Trinajstić information content (AvgIpc) is 2.07.